The minimum atomic E-state index is -1.01. The number of carbonyl (C=O) groups is 2. The van der Waals surface area contributed by atoms with Crippen LogP contribution in [0, 0.1) is 5.92 Å². The van der Waals surface area contributed by atoms with Gasteiger partial charge in [-0.05, 0) is 28.7 Å². The maximum absolute atomic E-state index is 12.4. The number of esters is 2. The van der Waals surface area contributed by atoms with Crippen LogP contribution in [0.25, 0.3) is 5.57 Å². The Morgan fingerprint density at radius 2 is 1.13 bits per heavy atom. The first-order valence-electron chi connectivity index (χ1n) is 10.2. The standard InChI is InChI=1S/C27H26O4/c1-30-26(28)25(27(29)31-2)19-23(20-12-6-3-7-13-20)18-24(21-14-8-4-9-15-21)22-16-10-5-11-17-22/h3-18,23,25H,19H2,1-2H3. The van der Waals surface area contributed by atoms with E-state index in [2.05, 4.69) is 30.3 Å². The Morgan fingerprint density at radius 3 is 1.55 bits per heavy atom. The van der Waals surface area contributed by atoms with Gasteiger partial charge in [-0.25, -0.2) is 0 Å². The monoisotopic (exact) mass is 414 g/mol. The van der Waals surface area contributed by atoms with Crippen molar-refractivity contribution in [3.8, 4) is 0 Å². The summed E-state index contributed by atoms with van der Waals surface area (Å²) >= 11 is 0. The molecule has 3 aromatic carbocycles. The summed E-state index contributed by atoms with van der Waals surface area (Å²) in [5.41, 5.74) is 4.15. The summed E-state index contributed by atoms with van der Waals surface area (Å²) in [6.07, 6.45) is 2.37. The van der Waals surface area contributed by atoms with Crippen LogP contribution in [0.1, 0.15) is 29.0 Å². The van der Waals surface area contributed by atoms with Crippen molar-refractivity contribution in [1.82, 2.24) is 0 Å². The number of hydrogen-bond acceptors (Lipinski definition) is 4. The van der Waals surface area contributed by atoms with Crippen LogP contribution in [-0.2, 0) is 19.1 Å². The minimum absolute atomic E-state index is 0.209. The third-order valence-electron chi connectivity index (χ3n) is 5.23. The van der Waals surface area contributed by atoms with Crippen LogP contribution in [0.15, 0.2) is 97.1 Å². The molecule has 0 spiro atoms. The lowest BCUT2D eigenvalue weighted by atomic mass is 9.84. The fourth-order valence-corrected chi connectivity index (χ4v) is 3.62. The molecule has 0 saturated heterocycles. The highest BCUT2D eigenvalue weighted by Gasteiger charge is 2.31. The first-order chi connectivity index (χ1) is 15.1. The van der Waals surface area contributed by atoms with Crippen molar-refractivity contribution in [2.75, 3.05) is 14.2 Å². The van der Waals surface area contributed by atoms with Crippen molar-refractivity contribution in [1.29, 1.82) is 0 Å². The third kappa shape index (κ3) is 5.70. The molecule has 31 heavy (non-hydrogen) atoms. The van der Waals surface area contributed by atoms with Crippen molar-refractivity contribution in [2.45, 2.75) is 12.3 Å². The molecule has 1 unspecified atom stereocenters. The molecule has 0 aliphatic carbocycles. The van der Waals surface area contributed by atoms with Crippen LogP contribution in [0.5, 0.6) is 0 Å². The smallest absolute Gasteiger partial charge is 0.320 e. The quantitative estimate of drug-likeness (QED) is 0.373. The van der Waals surface area contributed by atoms with Gasteiger partial charge >= 0.3 is 11.9 Å². The summed E-state index contributed by atoms with van der Waals surface area (Å²) in [5.74, 6) is -2.41. The van der Waals surface area contributed by atoms with E-state index in [1.165, 1.54) is 14.2 Å². The third-order valence-corrected chi connectivity index (χ3v) is 5.23. The number of methoxy groups -OCH3 is 2. The highest BCUT2D eigenvalue weighted by molar-refractivity contribution is 5.95. The minimum Gasteiger partial charge on any atom is -0.468 e. The zero-order valence-electron chi connectivity index (χ0n) is 17.7. The SMILES string of the molecule is COC(=O)C(CC(C=C(c1ccccc1)c1ccccc1)c1ccccc1)C(=O)OC. The Balaban J connectivity index is 2.11. The van der Waals surface area contributed by atoms with Crippen molar-refractivity contribution >= 4 is 17.5 Å². The van der Waals surface area contributed by atoms with Crippen LogP contribution >= 0.6 is 0 Å². The summed E-state index contributed by atoms with van der Waals surface area (Å²) in [6, 6.07) is 30.0. The molecular weight excluding hydrogens is 388 g/mol. The molecule has 0 bridgehead atoms. The lowest BCUT2D eigenvalue weighted by Gasteiger charge is -2.21. The van der Waals surface area contributed by atoms with Crippen molar-refractivity contribution in [3.05, 3.63) is 114 Å². The van der Waals surface area contributed by atoms with E-state index in [-0.39, 0.29) is 12.3 Å². The molecule has 1 atom stereocenters. The second-order valence-corrected chi connectivity index (χ2v) is 7.16. The van der Waals surface area contributed by atoms with Gasteiger partial charge in [0.2, 0.25) is 0 Å². The molecule has 3 aromatic rings. The van der Waals surface area contributed by atoms with E-state index < -0.39 is 17.9 Å². The molecule has 0 aliphatic rings. The molecule has 0 heterocycles. The molecule has 0 saturated carbocycles. The summed E-state index contributed by atoms with van der Waals surface area (Å²) in [6.45, 7) is 0. The Morgan fingerprint density at radius 1 is 0.710 bits per heavy atom. The first kappa shape index (κ1) is 22.0. The van der Waals surface area contributed by atoms with Crippen LogP contribution in [0.2, 0.25) is 0 Å². The van der Waals surface area contributed by atoms with Crippen LogP contribution in [0.4, 0.5) is 0 Å². The lowest BCUT2D eigenvalue weighted by Crippen LogP contribution is -2.28. The summed E-state index contributed by atoms with van der Waals surface area (Å²) in [4.78, 5) is 24.7. The van der Waals surface area contributed by atoms with Gasteiger partial charge in [0.25, 0.3) is 0 Å². The second kappa shape index (κ2) is 10.9. The maximum atomic E-state index is 12.4. The van der Waals surface area contributed by atoms with E-state index in [4.69, 9.17) is 9.47 Å². The Kier molecular flexibility index (Phi) is 7.77. The van der Waals surface area contributed by atoms with E-state index in [9.17, 15) is 9.59 Å². The zero-order valence-corrected chi connectivity index (χ0v) is 17.7. The van der Waals surface area contributed by atoms with Gasteiger partial charge in [-0.3, -0.25) is 9.59 Å². The molecule has 3 rings (SSSR count). The second-order valence-electron chi connectivity index (χ2n) is 7.16. The van der Waals surface area contributed by atoms with Gasteiger partial charge in [0.1, 0.15) is 0 Å². The maximum Gasteiger partial charge on any atom is 0.320 e. The number of hydrogen-bond donors (Lipinski definition) is 0. The van der Waals surface area contributed by atoms with Crippen LogP contribution in [0.3, 0.4) is 0 Å². The van der Waals surface area contributed by atoms with E-state index in [1.807, 2.05) is 66.7 Å². The molecule has 0 aliphatic heterocycles. The molecule has 4 heteroatoms. The predicted octanol–water partition coefficient (Wildman–Crippen LogP) is 5.25. The van der Waals surface area contributed by atoms with Gasteiger partial charge in [0.15, 0.2) is 5.92 Å². The lowest BCUT2D eigenvalue weighted by molar-refractivity contribution is -0.159. The average molecular weight is 415 g/mol. The molecule has 0 amide bonds. The number of carbonyl (C=O) groups excluding carboxylic acids is 2. The van der Waals surface area contributed by atoms with Gasteiger partial charge in [0, 0.05) is 5.92 Å². The summed E-state index contributed by atoms with van der Waals surface area (Å²) in [5, 5.41) is 0. The van der Waals surface area contributed by atoms with Crippen LogP contribution < -0.4 is 0 Å². The van der Waals surface area contributed by atoms with E-state index in [0.29, 0.717) is 0 Å². The largest absolute Gasteiger partial charge is 0.468 e. The molecule has 0 radical (unpaired) electrons. The number of rotatable bonds is 8. The molecule has 0 fully saturated rings. The fourth-order valence-electron chi connectivity index (χ4n) is 3.62. The van der Waals surface area contributed by atoms with Gasteiger partial charge in [-0.2, -0.15) is 0 Å². The number of allylic oxidation sites excluding steroid dienone is 1. The van der Waals surface area contributed by atoms with Crippen molar-refractivity contribution in [3.63, 3.8) is 0 Å². The summed E-state index contributed by atoms with van der Waals surface area (Å²) in [7, 11) is 2.57. The molecule has 0 aromatic heterocycles. The Hall–Kier alpha value is -3.66. The normalized spacial score (nSPS) is 11.5. The highest BCUT2D eigenvalue weighted by Crippen LogP contribution is 2.33. The van der Waals surface area contributed by atoms with Gasteiger partial charge in [0.05, 0.1) is 14.2 Å². The Bertz CT molecular complexity index is 953. The molecule has 158 valence electrons. The first-order valence-corrected chi connectivity index (χ1v) is 10.2. The van der Waals surface area contributed by atoms with Crippen molar-refractivity contribution in [2.24, 2.45) is 5.92 Å². The average Bonchev–Trinajstić information content (AvgIpc) is 2.85. The predicted molar refractivity (Wildman–Crippen MR) is 121 cm³/mol. The molecular formula is C27H26O4. The van der Waals surface area contributed by atoms with E-state index >= 15 is 0 Å². The molecule has 4 nitrogen and oxygen atoms in total. The topological polar surface area (TPSA) is 52.6 Å². The van der Waals surface area contributed by atoms with Crippen LogP contribution in [-0.4, -0.2) is 26.2 Å². The zero-order chi connectivity index (χ0) is 22.1. The van der Waals surface area contributed by atoms with Crippen molar-refractivity contribution < 1.29 is 19.1 Å². The fraction of sp³-hybridized carbons (Fsp3) is 0.185. The summed E-state index contributed by atoms with van der Waals surface area (Å²) < 4.78 is 9.77. The van der Waals surface area contributed by atoms with Gasteiger partial charge in [-0.15, -0.1) is 0 Å². The van der Waals surface area contributed by atoms with Gasteiger partial charge in [-0.1, -0.05) is 97.1 Å². The molecule has 0 N–H and O–H groups in total. The van der Waals surface area contributed by atoms with E-state index in [1.54, 1.807) is 0 Å². The number of benzene rings is 3. The van der Waals surface area contributed by atoms with E-state index in [0.717, 1.165) is 22.3 Å². The van der Waals surface area contributed by atoms with Gasteiger partial charge < -0.3 is 9.47 Å². The highest BCUT2D eigenvalue weighted by atomic mass is 16.5. The Labute approximate surface area is 183 Å². The number of ether oxygens (including phenoxy) is 2.